The van der Waals surface area contributed by atoms with Gasteiger partial charge in [0.05, 0.1) is 24.3 Å². The molecule has 0 saturated heterocycles. The summed E-state index contributed by atoms with van der Waals surface area (Å²) in [6, 6.07) is 11.4. The number of carbonyl (C=O) groups is 1. The third-order valence-corrected chi connectivity index (χ3v) is 3.35. The molecule has 0 spiro atoms. The number of methoxy groups -OCH3 is 1. The molecule has 0 saturated carbocycles. The smallest absolute Gasteiger partial charge is 0.336 e. The van der Waals surface area contributed by atoms with Crippen LogP contribution in [0.25, 0.3) is 0 Å². The van der Waals surface area contributed by atoms with Crippen LogP contribution in [0.1, 0.15) is 15.9 Å². The van der Waals surface area contributed by atoms with E-state index in [1.165, 1.54) is 13.2 Å². The number of halogens is 1. The Morgan fingerprint density at radius 1 is 1.24 bits per heavy atom. The van der Waals surface area contributed by atoms with Crippen LogP contribution in [0.15, 0.2) is 40.9 Å². The summed E-state index contributed by atoms with van der Waals surface area (Å²) in [5, 5.41) is 17.8. The van der Waals surface area contributed by atoms with Crippen LogP contribution in [-0.4, -0.2) is 18.2 Å². The van der Waals surface area contributed by atoms with Gasteiger partial charge in [-0.15, -0.1) is 0 Å². The highest BCUT2D eigenvalue weighted by atomic mass is 79.9. The number of rotatable bonds is 4. The fraction of sp³-hybridized carbons (Fsp3) is 0.0667. The molecule has 2 aromatic rings. The highest BCUT2D eigenvalue weighted by Crippen LogP contribution is 2.33. The second-order valence-corrected chi connectivity index (χ2v) is 4.88. The number of ether oxygens (including phenoxy) is 2. The van der Waals surface area contributed by atoms with Crippen molar-refractivity contribution in [1.29, 1.82) is 5.26 Å². The van der Waals surface area contributed by atoms with Crippen LogP contribution in [0.3, 0.4) is 0 Å². The molecule has 1 N–H and O–H groups in total. The predicted molar refractivity (Wildman–Crippen MR) is 78.9 cm³/mol. The van der Waals surface area contributed by atoms with Gasteiger partial charge in [-0.3, -0.25) is 0 Å². The van der Waals surface area contributed by atoms with Crippen molar-refractivity contribution in [3.63, 3.8) is 0 Å². The van der Waals surface area contributed by atoms with Gasteiger partial charge in [-0.2, -0.15) is 5.26 Å². The summed E-state index contributed by atoms with van der Waals surface area (Å²) in [6.07, 6.45) is 0. The first kappa shape index (κ1) is 14.9. The topological polar surface area (TPSA) is 79.5 Å². The quantitative estimate of drug-likeness (QED) is 0.909. The Labute approximate surface area is 129 Å². The third-order valence-electron chi connectivity index (χ3n) is 2.69. The van der Waals surface area contributed by atoms with E-state index in [1.54, 1.807) is 30.3 Å². The Morgan fingerprint density at radius 2 is 2.00 bits per heavy atom. The van der Waals surface area contributed by atoms with Crippen LogP contribution in [0.2, 0.25) is 0 Å². The maximum atomic E-state index is 10.9. The van der Waals surface area contributed by atoms with Gasteiger partial charge in [0.2, 0.25) is 0 Å². The van der Waals surface area contributed by atoms with Gasteiger partial charge in [-0.05, 0) is 46.3 Å². The lowest BCUT2D eigenvalue weighted by molar-refractivity contribution is 0.0696. The molecule has 21 heavy (non-hydrogen) atoms. The van der Waals surface area contributed by atoms with Gasteiger partial charge in [0, 0.05) is 10.5 Å². The maximum absolute atomic E-state index is 10.9. The van der Waals surface area contributed by atoms with Gasteiger partial charge in [0.25, 0.3) is 0 Å². The predicted octanol–water partition coefficient (Wildman–Crippen LogP) is 3.82. The summed E-state index contributed by atoms with van der Waals surface area (Å²) < 4.78 is 11.2. The highest BCUT2D eigenvalue weighted by molar-refractivity contribution is 9.10. The van der Waals surface area contributed by atoms with E-state index in [-0.39, 0.29) is 5.56 Å². The second kappa shape index (κ2) is 6.29. The minimum atomic E-state index is -1.02. The molecule has 0 unspecified atom stereocenters. The number of carboxylic acid groups (broad SMARTS) is 1. The van der Waals surface area contributed by atoms with Crippen molar-refractivity contribution >= 4 is 21.9 Å². The van der Waals surface area contributed by atoms with Crippen LogP contribution in [0.5, 0.6) is 17.2 Å². The summed E-state index contributed by atoms with van der Waals surface area (Å²) in [6.45, 7) is 0. The first-order valence-electron chi connectivity index (χ1n) is 5.84. The number of nitriles is 1. The Morgan fingerprint density at radius 3 is 2.57 bits per heavy atom. The van der Waals surface area contributed by atoms with E-state index in [2.05, 4.69) is 15.9 Å². The zero-order valence-corrected chi connectivity index (χ0v) is 12.5. The molecule has 0 bridgehead atoms. The number of nitrogens with zero attached hydrogens (tertiary/aromatic N) is 1. The zero-order valence-electron chi connectivity index (χ0n) is 11.0. The Balaban J connectivity index is 2.32. The Hall–Kier alpha value is -2.52. The lowest BCUT2D eigenvalue weighted by Gasteiger charge is -2.11. The summed E-state index contributed by atoms with van der Waals surface area (Å²) >= 11 is 3.18. The van der Waals surface area contributed by atoms with Crippen molar-refractivity contribution in [2.75, 3.05) is 7.11 Å². The van der Waals surface area contributed by atoms with Gasteiger partial charge in [-0.25, -0.2) is 4.79 Å². The van der Waals surface area contributed by atoms with Crippen molar-refractivity contribution in [1.82, 2.24) is 0 Å². The summed E-state index contributed by atoms with van der Waals surface area (Å²) in [5.41, 5.74) is 0.607. The van der Waals surface area contributed by atoms with Crippen LogP contribution >= 0.6 is 15.9 Å². The molecule has 2 aromatic carbocycles. The Kier molecular flexibility index (Phi) is 4.45. The number of hydrogen-bond acceptors (Lipinski definition) is 4. The molecule has 0 radical (unpaired) electrons. The minimum absolute atomic E-state index is 0.147. The summed E-state index contributed by atoms with van der Waals surface area (Å²) in [7, 11) is 1.48. The summed E-state index contributed by atoms with van der Waals surface area (Å²) in [5.74, 6) is 0.290. The number of aromatic carboxylic acids is 1. The van der Waals surface area contributed by atoms with E-state index >= 15 is 0 Å². The first-order chi connectivity index (χ1) is 10.0. The molecule has 5 nitrogen and oxygen atoms in total. The normalized spacial score (nSPS) is 9.76. The molecule has 0 aliphatic heterocycles. The largest absolute Gasteiger partial charge is 0.493 e. The van der Waals surface area contributed by atoms with Crippen molar-refractivity contribution in [2.24, 2.45) is 0 Å². The van der Waals surface area contributed by atoms with E-state index in [4.69, 9.17) is 19.8 Å². The van der Waals surface area contributed by atoms with Gasteiger partial charge >= 0.3 is 5.97 Å². The molecule has 106 valence electrons. The molecule has 0 aromatic heterocycles. The van der Waals surface area contributed by atoms with Crippen molar-refractivity contribution < 1.29 is 19.4 Å². The highest BCUT2D eigenvalue weighted by Gasteiger charge is 2.11. The Bertz CT molecular complexity index is 737. The molecule has 2 rings (SSSR count). The molecular formula is C15H10BrNO4. The summed E-state index contributed by atoms with van der Waals surface area (Å²) in [4.78, 5) is 10.9. The van der Waals surface area contributed by atoms with Crippen LogP contribution in [0.4, 0.5) is 0 Å². The molecular weight excluding hydrogens is 338 g/mol. The molecule has 0 aliphatic rings. The molecule has 0 amide bonds. The molecule has 6 heteroatoms. The van der Waals surface area contributed by atoms with E-state index in [0.29, 0.717) is 27.3 Å². The lowest BCUT2D eigenvalue weighted by atomic mass is 10.2. The zero-order chi connectivity index (χ0) is 15.4. The monoisotopic (exact) mass is 347 g/mol. The standard InChI is InChI=1S/C15H10BrNO4/c1-20-14-6-9(8-17)2-5-13(14)21-10-3-4-11(15(18)19)12(16)7-10/h2-7H,1H3,(H,18,19). The lowest BCUT2D eigenvalue weighted by Crippen LogP contribution is -1.98. The maximum Gasteiger partial charge on any atom is 0.336 e. The van der Waals surface area contributed by atoms with Gasteiger partial charge in [0.15, 0.2) is 11.5 Å². The van der Waals surface area contributed by atoms with Crippen molar-refractivity contribution in [3.8, 4) is 23.3 Å². The molecule has 0 atom stereocenters. The minimum Gasteiger partial charge on any atom is -0.493 e. The first-order valence-corrected chi connectivity index (χ1v) is 6.63. The van der Waals surface area contributed by atoms with Crippen LogP contribution < -0.4 is 9.47 Å². The number of carboxylic acids is 1. The average molecular weight is 348 g/mol. The van der Waals surface area contributed by atoms with Gasteiger partial charge in [-0.1, -0.05) is 0 Å². The fourth-order valence-electron chi connectivity index (χ4n) is 1.68. The van der Waals surface area contributed by atoms with Gasteiger partial charge in [0.1, 0.15) is 5.75 Å². The SMILES string of the molecule is COc1cc(C#N)ccc1Oc1ccc(C(=O)O)c(Br)c1. The number of benzene rings is 2. The van der Waals surface area contributed by atoms with Gasteiger partial charge < -0.3 is 14.6 Å². The third kappa shape index (κ3) is 3.33. The fourth-order valence-corrected chi connectivity index (χ4v) is 2.21. The average Bonchev–Trinajstić information content (AvgIpc) is 2.47. The van der Waals surface area contributed by atoms with E-state index in [0.717, 1.165) is 0 Å². The van der Waals surface area contributed by atoms with E-state index in [9.17, 15) is 4.79 Å². The molecule has 0 aliphatic carbocycles. The van der Waals surface area contributed by atoms with E-state index < -0.39 is 5.97 Å². The van der Waals surface area contributed by atoms with Crippen LogP contribution in [-0.2, 0) is 0 Å². The molecule has 0 heterocycles. The van der Waals surface area contributed by atoms with Crippen molar-refractivity contribution in [3.05, 3.63) is 52.0 Å². The van der Waals surface area contributed by atoms with Crippen LogP contribution in [0, 0.1) is 11.3 Å². The van der Waals surface area contributed by atoms with Crippen molar-refractivity contribution in [2.45, 2.75) is 0 Å². The second-order valence-electron chi connectivity index (χ2n) is 4.03. The number of hydrogen-bond donors (Lipinski definition) is 1. The van der Waals surface area contributed by atoms with E-state index in [1.807, 2.05) is 6.07 Å². The molecule has 0 fully saturated rings.